The Balaban J connectivity index is 2.31. The molecule has 1 aromatic heterocycles. The molecule has 0 saturated heterocycles. The van der Waals surface area contributed by atoms with Gasteiger partial charge >= 0.3 is 5.97 Å². The number of rotatable bonds is 3. The molecule has 98 valence electrons. The third-order valence-corrected chi connectivity index (χ3v) is 3.03. The van der Waals surface area contributed by atoms with Crippen LogP contribution in [0.3, 0.4) is 0 Å². The second kappa shape index (κ2) is 5.91. The molecular formula is C13H10Cl2N2O2. The van der Waals surface area contributed by atoms with E-state index in [9.17, 15) is 4.79 Å². The van der Waals surface area contributed by atoms with Crippen LogP contribution in [0.5, 0.6) is 0 Å². The third kappa shape index (κ3) is 3.16. The van der Waals surface area contributed by atoms with Gasteiger partial charge < -0.3 is 10.1 Å². The summed E-state index contributed by atoms with van der Waals surface area (Å²) < 4.78 is 4.64. The van der Waals surface area contributed by atoms with Crippen molar-refractivity contribution in [2.45, 2.75) is 0 Å². The first kappa shape index (κ1) is 13.6. The number of carbonyl (C=O) groups excluding carboxylic acids is 1. The highest BCUT2D eigenvalue weighted by molar-refractivity contribution is 6.39. The van der Waals surface area contributed by atoms with E-state index >= 15 is 0 Å². The summed E-state index contributed by atoms with van der Waals surface area (Å²) in [5.41, 5.74) is 0.934. The standard InChI is InChI=1S/C13H10Cl2N2O2/c1-19-13(18)8-5-6-16-11(7-8)17-12-9(14)3-2-4-10(12)15/h2-7H,1H3,(H,16,17). The zero-order valence-electron chi connectivity index (χ0n) is 9.98. The predicted octanol–water partition coefficient (Wildman–Crippen LogP) is 3.92. The van der Waals surface area contributed by atoms with Crippen LogP contribution in [0.1, 0.15) is 10.4 Å². The summed E-state index contributed by atoms with van der Waals surface area (Å²) in [6.45, 7) is 0. The number of hydrogen-bond acceptors (Lipinski definition) is 4. The van der Waals surface area contributed by atoms with Crippen LogP contribution in [0.15, 0.2) is 36.5 Å². The minimum atomic E-state index is -0.435. The lowest BCUT2D eigenvalue weighted by atomic mass is 10.2. The van der Waals surface area contributed by atoms with E-state index in [-0.39, 0.29) is 0 Å². The number of pyridine rings is 1. The molecule has 0 aliphatic carbocycles. The topological polar surface area (TPSA) is 51.2 Å². The van der Waals surface area contributed by atoms with Crippen LogP contribution in [0, 0.1) is 0 Å². The van der Waals surface area contributed by atoms with Gasteiger partial charge in [0.2, 0.25) is 0 Å². The Morgan fingerprint density at radius 1 is 1.26 bits per heavy atom. The number of methoxy groups -OCH3 is 1. The predicted molar refractivity (Wildman–Crippen MR) is 75.3 cm³/mol. The molecule has 0 saturated carbocycles. The molecular weight excluding hydrogens is 287 g/mol. The summed E-state index contributed by atoms with van der Waals surface area (Å²) in [7, 11) is 1.32. The van der Waals surface area contributed by atoms with Gasteiger partial charge in [-0.3, -0.25) is 0 Å². The van der Waals surface area contributed by atoms with Gasteiger partial charge in [0.05, 0.1) is 28.4 Å². The molecule has 2 rings (SSSR count). The molecule has 0 bridgehead atoms. The molecule has 0 amide bonds. The number of halogens is 2. The minimum Gasteiger partial charge on any atom is -0.465 e. The second-order valence-electron chi connectivity index (χ2n) is 3.64. The van der Waals surface area contributed by atoms with Crippen LogP contribution in [0.25, 0.3) is 0 Å². The maximum Gasteiger partial charge on any atom is 0.338 e. The number of benzene rings is 1. The Morgan fingerprint density at radius 2 is 1.95 bits per heavy atom. The van der Waals surface area contributed by atoms with Crippen molar-refractivity contribution >= 4 is 40.7 Å². The third-order valence-electron chi connectivity index (χ3n) is 2.40. The van der Waals surface area contributed by atoms with E-state index in [2.05, 4.69) is 15.0 Å². The maximum absolute atomic E-state index is 11.4. The van der Waals surface area contributed by atoms with Gasteiger partial charge in [-0.1, -0.05) is 29.3 Å². The summed E-state index contributed by atoms with van der Waals surface area (Å²) in [5.74, 6) is 0.0219. The zero-order valence-corrected chi connectivity index (χ0v) is 11.5. The molecule has 4 nitrogen and oxygen atoms in total. The van der Waals surface area contributed by atoms with Gasteiger partial charge in [0.15, 0.2) is 0 Å². The van der Waals surface area contributed by atoms with Gasteiger partial charge in [0.1, 0.15) is 5.82 Å². The van der Waals surface area contributed by atoms with Crippen molar-refractivity contribution in [1.82, 2.24) is 4.98 Å². The van der Waals surface area contributed by atoms with E-state index in [0.717, 1.165) is 0 Å². The molecule has 0 unspecified atom stereocenters. The average molecular weight is 297 g/mol. The van der Waals surface area contributed by atoms with Crippen molar-refractivity contribution in [1.29, 1.82) is 0 Å². The molecule has 0 aliphatic rings. The van der Waals surface area contributed by atoms with Crippen LogP contribution in [0.4, 0.5) is 11.5 Å². The highest BCUT2D eigenvalue weighted by Crippen LogP contribution is 2.32. The Hall–Kier alpha value is -1.78. The molecule has 0 aliphatic heterocycles. The van der Waals surface area contributed by atoms with Gasteiger partial charge in [0.25, 0.3) is 0 Å². The first-order chi connectivity index (χ1) is 9.11. The van der Waals surface area contributed by atoms with Crippen molar-refractivity contribution in [3.8, 4) is 0 Å². The number of anilines is 2. The van der Waals surface area contributed by atoms with Gasteiger partial charge in [-0.2, -0.15) is 0 Å². The van der Waals surface area contributed by atoms with Gasteiger partial charge in [-0.25, -0.2) is 9.78 Å². The smallest absolute Gasteiger partial charge is 0.338 e. The summed E-state index contributed by atoms with van der Waals surface area (Å²) in [6.07, 6.45) is 1.50. The van der Waals surface area contributed by atoms with Crippen molar-refractivity contribution in [3.05, 3.63) is 52.1 Å². The highest BCUT2D eigenvalue weighted by Gasteiger charge is 2.09. The van der Waals surface area contributed by atoms with Crippen LogP contribution in [-0.2, 0) is 4.74 Å². The lowest BCUT2D eigenvalue weighted by Crippen LogP contribution is -2.03. The Bertz CT molecular complexity index is 597. The average Bonchev–Trinajstić information content (AvgIpc) is 2.42. The summed E-state index contributed by atoms with van der Waals surface area (Å²) in [4.78, 5) is 15.5. The Labute approximate surface area is 120 Å². The SMILES string of the molecule is COC(=O)c1ccnc(Nc2c(Cl)cccc2Cl)c1. The number of nitrogens with zero attached hydrogens (tertiary/aromatic N) is 1. The lowest BCUT2D eigenvalue weighted by Gasteiger charge is -2.10. The molecule has 6 heteroatoms. The number of para-hydroxylation sites is 1. The van der Waals surface area contributed by atoms with E-state index in [1.54, 1.807) is 30.3 Å². The van der Waals surface area contributed by atoms with Crippen molar-refractivity contribution in [2.24, 2.45) is 0 Å². The first-order valence-corrected chi connectivity index (χ1v) is 6.13. The molecule has 2 aromatic rings. The van der Waals surface area contributed by atoms with Crippen molar-refractivity contribution in [2.75, 3.05) is 12.4 Å². The van der Waals surface area contributed by atoms with Gasteiger partial charge in [-0.05, 0) is 24.3 Å². The summed E-state index contributed by atoms with van der Waals surface area (Å²) in [5, 5.41) is 3.92. The summed E-state index contributed by atoms with van der Waals surface area (Å²) >= 11 is 12.1. The number of ether oxygens (including phenoxy) is 1. The number of carbonyl (C=O) groups is 1. The molecule has 0 atom stereocenters. The molecule has 1 heterocycles. The number of hydrogen-bond donors (Lipinski definition) is 1. The molecule has 0 spiro atoms. The van der Waals surface area contributed by atoms with Gasteiger partial charge in [-0.15, -0.1) is 0 Å². The Morgan fingerprint density at radius 3 is 2.58 bits per heavy atom. The van der Waals surface area contributed by atoms with E-state index in [1.165, 1.54) is 13.3 Å². The molecule has 1 aromatic carbocycles. The van der Waals surface area contributed by atoms with E-state index < -0.39 is 5.97 Å². The molecule has 19 heavy (non-hydrogen) atoms. The summed E-state index contributed by atoms with van der Waals surface area (Å²) in [6, 6.07) is 8.28. The fourth-order valence-electron chi connectivity index (χ4n) is 1.49. The highest BCUT2D eigenvalue weighted by atomic mass is 35.5. The van der Waals surface area contributed by atoms with Crippen LogP contribution in [0.2, 0.25) is 10.0 Å². The fraction of sp³-hybridized carbons (Fsp3) is 0.0769. The van der Waals surface area contributed by atoms with E-state index in [4.69, 9.17) is 23.2 Å². The quantitative estimate of drug-likeness (QED) is 0.872. The normalized spacial score (nSPS) is 10.1. The zero-order chi connectivity index (χ0) is 13.8. The number of esters is 1. The largest absolute Gasteiger partial charge is 0.465 e. The molecule has 1 N–H and O–H groups in total. The van der Waals surface area contributed by atoms with Gasteiger partial charge in [0, 0.05) is 6.20 Å². The van der Waals surface area contributed by atoms with Crippen molar-refractivity contribution < 1.29 is 9.53 Å². The maximum atomic E-state index is 11.4. The van der Waals surface area contributed by atoms with Crippen LogP contribution in [-0.4, -0.2) is 18.1 Å². The Kier molecular flexibility index (Phi) is 4.24. The molecule has 0 radical (unpaired) electrons. The fourth-order valence-corrected chi connectivity index (χ4v) is 1.98. The van der Waals surface area contributed by atoms with Crippen LogP contribution >= 0.6 is 23.2 Å². The number of nitrogens with one attached hydrogen (secondary N) is 1. The second-order valence-corrected chi connectivity index (χ2v) is 4.46. The first-order valence-electron chi connectivity index (χ1n) is 5.37. The molecule has 0 fully saturated rings. The number of aromatic nitrogens is 1. The lowest BCUT2D eigenvalue weighted by molar-refractivity contribution is 0.0600. The minimum absolute atomic E-state index is 0.392. The van der Waals surface area contributed by atoms with Crippen molar-refractivity contribution in [3.63, 3.8) is 0 Å². The van der Waals surface area contributed by atoms with Crippen LogP contribution < -0.4 is 5.32 Å². The monoisotopic (exact) mass is 296 g/mol. The van der Waals surface area contributed by atoms with E-state index in [0.29, 0.717) is 27.1 Å². The van der Waals surface area contributed by atoms with E-state index in [1.807, 2.05) is 0 Å².